The molecule has 0 saturated carbocycles. The molecule has 2 aromatic carbocycles. The fourth-order valence-corrected chi connectivity index (χ4v) is 2.71. The quantitative estimate of drug-likeness (QED) is 0.470. The second kappa shape index (κ2) is 7.13. The number of carbonyl (C=O) groups excluding carboxylic acids is 1. The van der Waals surface area contributed by atoms with Gasteiger partial charge in [-0.2, -0.15) is 0 Å². The van der Waals surface area contributed by atoms with Crippen molar-refractivity contribution >= 4 is 17.2 Å². The number of nitrogen functional groups attached to an aromatic ring is 2. The summed E-state index contributed by atoms with van der Waals surface area (Å²) in [5.41, 5.74) is 14.4. The Morgan fingerprint density at radius 1 is 1.12 bits per heavy atom. The number of hydrogen-bond donors (Lipinski definition) is 3. The number of nitrogens with two attached hydrogens (primary N) is 2. The summed E-state index contributed by atoms with van der Waals surface area (Å²) in [4.78, 5) is 15.9. The lowest BCUT2D eigenvalue weighted by Crippen LogP contribution is -2.10. The summed E-state index contributed by atoms with van der Waals surface area (Å²) in [6.45, 7) is 2.04. The zero-order valence-corrected chi connectivity index (χ0v) is 14.0. The normalized spacial score (nSPS) is 11.9. The Labute approximate surface area is 146 Å². The average molecular weight is 335 g/mol. The molecule has 1 heterocycles. The number of aromatic amines is 1. The third-order valence-corrected chi connectivity index (χ3v) is 4.11. The number of aromatic nitrogens is 1. The van der Waals surface area contributed by atoms with Crippen LogP contribution < -0.4 is 16.2 Å². The van der Waals surface area contributed by atoms with E-state index in [1.807, 2.05) is 43.6 Å². The van der Waals surface area contributed by atoms with Crippen LogP contribution in [0.1, 0.15) is 40.9 Å². The van der Waals surface area contributed by atoms with Gasteiger partial charge < -0.3 is 21.2 Å². The van der Waals surface area contributed by atoms with Crippen LogP contribution in [0.5, 0.6) is 5.75 Å². The van der Waals surface area contributed by atoms with E-state index in [9.17, 15) is 4.79 Å². The zero-order valence-electron chi connectivity index (χ0n) is 14.0. The van der Waals surface area contributed by atoms with E-state index >= 15 is 0 Å². The molecule has 3 rings (SSSR count). The van der Waals surface area contributed by atoms with Gasteiger partial charge in [0.05, 0.1) is 16.9 Å². The number of benzene rings is 2. The van der Waals surface area contributed by atoms with Gasteiger partial charge in [-0.1, -0.05) is 19.1 Å². The molecule has 0 aliphatic rings. The predicted octanol–water partition coefficient (Wildman–Crippen LogP) is 3.94. The first kappa shape index (κ1) is 16.6. The van der Waals surface area contributed by atoms with Gasteiger partial charge >= 0.3 is 0 Å². The first-order valence-corrected chi connectivity index (χ1v) is 8.18. The summed E-state index contributed by atoms with van der Waals surface area (Å²) in [6.07, 6.45) is 4.42. The van der Waals surface area contributed by atoms with E-state index in [0.717, 1.165) is 12.0 Å². The molecular formula is C20H21N3O2. The SMILES string of the molecule is CCC(Oc1ccccc1C(=O)c1ccc(N)c(N)c1)c1cc[nH]c1. The number of ketones is 1. The first-order chi connectivity index (χ1) is 12.1. The molecule has 1 aromatic heterocycles. The van der Waals surface area contributed by atoms with Crippen molar-refractivity contribution in [2.24, 2.45) is 0 Å². The molecule has 5 nitrogen and oxygen atoms in total. The van der Waals surface area contributed by atoms with E-state index in [0.29, 0.717) is 28.3 Å². The standard InChI is InChI=1S/C20H21N3O2/c1-2-18(14-9-10-23-12-14)25-19-6-4-3-5-15(19)20(24)13-7-8-16(21)17(22)11-13/h3-12,18,23H,2,21-22H2,1H3. The van der Waals surface area contributed by atoms with Crippen LogP contribution in [0, 0.1) is 0 Å². The Balaban J connectivity index is 1.92. The minimum atomic E-state index is -0.147. The number of H-pyrrole nitrogens is 1. The second-order valence-electron chi connectivity index (χ2n) is 5.83. The molecule has 0 spiro atoms. The van der Waals surface area contributed by atoms with Crippen LogP contribution in [0.25, 0.3) is 0 Å². The van der Waals surface area contributed by atoms with Crippen molar-refractivity contribution in [3.63, 3.8) is 0 Å². The van der Waals surface area contributed by atoms with E-state index in [1.54, 1.807) is 24.3 Å². The number of para-hydroxylation sites is 1. The van der Waals surface area contributed by atoms with Gasteiger partial charge in [-0.15, -0.1) is 0 Å². The molecule has 0 saturated heterocycles. The van der Waals surface area contributed by atoms with Gasteiger partial charge in [0.25, 0.3) is 0 Å². The van der Waals surface area contributed by atoms with Crippen LogP contribution in [0.4, 0.5) is 11.4 Å². The largest absolute Gasteiger partial charge is 0.485 e. The van der Waals surface area contributed by atoms with Gasteiger partial charge in [0.1, 0.15) is 11.9 Å². The lowest BCUT2D eigenvalue weighted by molar-refractivity contribution is 0.103. The molecule has 5 heteroatoms. The molecule has 25 heavy (non-hydrogen) atoms. The smallest absolute Gasteiger partial charge is 0.196 e. The highest BCUT2D eigenvalue weighted by Gasteiger charge is 2.19. The molecular weight excluding hydrogens is 314 g/mol. The molecule has 3 aromatic rings. The number of carbonyl (C=O) groups is 1. The van der Waals surface area contributed by atoms with Gasteiger partial charge in [-0.05, 0) is 42.8 Å². The third-order valence-electron chi connectivity index (χ3n) is 4.11. The summed E-state index contributed by atoms with van der Waals surface area (Å²) in [6, 6.07) is 14.1. The van der Waals surface area contributed by atoms with Gasteiger partial charge in [-0.3, -0.25) is 4.79 Å². The molecule has 1 unspecified atom stereocenters. The fourth-order valence-electron chi connectivity index (χ4n) is 2.71. The minimum Gasteiger partial charge on any atom is -0.485 e. The Morgan fingerprint density at radius 3 is 2.60 bits per heavy atom. The maximum atomic E-state index is 12.9. The molecule has 0 radical (unpaired) electrons. The van der Waals surface area contributed by atoms with Crippen molar-refractivity contribution in [1.29, 1.82) is 0 Å². The summed E-state index contributed by atoms with van der Waals surface area (Å²) < 4.78 is 6.14. The zero-order chi connectivity index (χ0) is 17.8. The van der Waals surface area contributed by atoms with Crippen molar-refractivity contribution < 1.29 is 9.53 Å². The molecule has 0 fully saturated rings. The number of nitrogens with one attached hydrogen (secondary N) is 1. The number of rotatable bonds is 6. The highest BCUT2D eigenvalue weighted by atomic mass is 16.5. The maximum Gasteiger partial charge on any atom is 0.196 e. The van der Waals surface area contributed by atoms with Gasteiger partial charge in [-0.25, -0.2) is 0 Å². The first-order valence-electron chi connectivity index (χ1n) is 8.18. The van der Waals surface area contributed by atoms with Crippen molar-refractivity contribution in [1.82, 2.24) is 4.98 Å². The Kier molecular flexibility index (Phi) is 4.75. The van der Waals surface area contributed by atoms with E-state index in [-0.39, 0.29) is 11.9 Å². The van der Waals surface area contributed by atoms with Crippen molar-refractivity contribution in [2.45, 2.75) is 19.4 Å². The highest BCUT2D eigenvalue weighted by Crippen LogP contribution is 2.29. The van der Waals surface area contributed by atoms with Crippen molar-refractivity contribution in [3.8, 4) is 5.75 Å². The number of hydrogen-bond acceptors (Lipinski definition) is 4. The Hall–Kier alpha value is -3.21. The molecule has 0 aliphatic carbocycles. The second-order valence-corrected chi connectivity index (χ2v) is 5.83. The summed E-state index contributed by atoms with van der Waals surface area (Å²) in [5.74, 6) is 0.405. The maximum absolute atomic E-state index is 12.9. The number of anilines is 2. The van der Waals surface area contributed by atoms with Crippen LogP contribution >= 0.6 is 0 Å². The molecule has 5 N–H and O–H groups in total. The van der Waals surface area contributed by atoms with Gasteiger partial charge in [0, 0.05) is 23.5 Å². The van der Waals surface area contributed by atoms with Crippen LogP contribution in [0.3, 0.4) is 0 Å². The molecule has 128 valence electrons. The van der Waals surface area contributed by atoms with Gasteiger partial charge in [0.15, 0.2) is 5.78 Å². The number of ether oxygens (including phenoxy) is 1. The third kappa shape index (κ3) is 3.50. The molecule has 0 amide bonds. The monoisotopic (exact) mass is 335 g/mol. The van der Waals surface area contributed by atoms with E-state index in [1.165, 1.54) is 0 Å². The average Bonchev–Trinajstić information content (AvgIpc) is 3.16. The lowest BCUT2D eigenvalue weighted by atomic mass is 10.0. The highest BCUT2D eigenvalue weighted by molar-refractivity contribution is 6.11. The predicted molar refractivity (Wildman–Crippen MR) is 99.6 cm³/mol. The van der Waals surface area contributed by atoms with E-state index < -0.39 is 0 Å². The summed E-state index contributed by atoms with van der Waals surface area (Å²) in [7, 11) is 0. The fraction of sp³-hybridized carbons (Fsp3) is 0.150. The summed E-state index contributed by atoms with van der Waals surface area (Å²) in [5, 5.41) is 0. The Morgan fingerprint density at radius 2 is 1.92 bits per heavy atom. The van der Waals surface area contributed by atoms with Crippen molar-refractivity contribution in [2.75, 3.05) is 11.5 Å². The topological polar surface area (TPSA) is 94.1 Å². The molecule has 0 bridgehead atoms. The van der Waals surface area contributed by atoms with Crippen LogP contribution in [0.15, 0.2) is 60.9 Å². The summed E-state index contributed by atoms with van der Waals surface area (Å²) >= 11 is 0. The van der Waals surface area contributed by atoms with Crippen LogP contribution in [0.2, 0.25) is 0 Å². The Bertz CT molecular complexity index is 872. The molecule has 0 aliphatic heterocycles. The minimum absolute atomic E-state index is 0.128. The van der Waals surface area contributed by atoms with Crippen molar-refractivity contribution in [3.05, 3.63) is 77.6 Å². The van der Waals surface area contributed by atoms with Crippen LogP contribution in [-0.4, -0.2) is 10.8 Å². The molecule has 1 atom stereocenters. The lowest BCUT2D eigenvalue weighted by Gasteiger charge is -2.19. The van der Waals surface area contributed by atoms with Crippen LogP contribution in [-0.2, 0) is 0 Å². The van der Waals surface area contributed by atoms with Gasteiger partial charge in [0.2, 0.25) is 0 Å². The van der Waals surface area contributed by atoms with E-state index in [2.05, 4.69) is 4.98 Å². The van der Waals surface area contributed by atoms with E-state index in [4.69, 9.17) is 16.2 Å².